The molecule has 1 fully saturated rings. The average molecular weight is 474 g/mol. The zero-order valence-electron chi connectivity index (χ0n) is 19.4. The lowest BCUT2D eigenvalue weighted by Crippen LogP contribution is -2.41. The number of methoxy groups -OCH3 is 1. The maximum absolute atomic E-state index is 14.5. The molecule has 5 rings (SSSR count). The van der Waals surface area contributed by atoms with Gasteiger partial charge in [-0.3, -0.25) is 9.36 Å². The Labute approximate surface area is 201 Å². The van der Waals surface area contributed by atoms with E-state index in [0.29, 0.717) is 48.3 Å². The van der Waals surface area contributed by atoms with Gasteiger partial charge in [0.2, 0.25) is 5.95 Å². The van der Waals surface area contributed by atoms with Gasteiger partial charge >= 0.3 is 0 Å². The lowest BCUT2D eigenvalue weighted by molar-refractivity contribution is 0.0375. The summed E-state index contributed by atoms with van der Waals surface area (Å²) in [7, 11) is 3.29. The Bertz CT molecular complexity index is 1410. The number of hydrogen-bond donors (Lipinski definition) is 0. The van der Waals surface area contributed by atoms with Crippen LogP contribution in [0.4, 0.5) is 10.3 Å². The van der Waals surface area contributed by atoms with Gasteiger partial charge < -0.3 is 14.4 Å². The lowest BCUT2D eigenvalue weighted by atomic mass is 9.98. The molecule has 9 heteroatoms. The van der Waals surface area contributed by atoms with E-state index in [1.165, 1.54) is 23.0 Å². The number of rotatable bonds is 5. The summed E-state index contributed by atoms with van der Waals surface area (Å²) in [5, 5.41) is 0. The second-order valence-corrected chi connectivity index (χ2v) is 8.18. The summed E-state index contributed by atoms with van der Waals surface area (Å²) >= 11 is 0. The SMILES string of the molecule is COc1ccc(-c2ccccc2F)cc1C1CN(c2nc(-c3ccncn3)cc(=O)n2C)CCO1. The molecule has 0 radical (unpaired) electrons. The van der Waals surface area contributed by atoms with Crippen molar-refractivity contribution < 1.29 is 13.9 Å². The van der Waals surface area contributed by atoms with Crippen LogP contribution >= 0.6 is 0 Å². The third-order valence-electron chi connectivity index (χ3n) is 6.07. The van der Waals surface area contributed by atoms with Gasteiger partial charge in [-0.25, -0.2) is 19.3 Å². The van der Waals surface area contributed by atoms with E-state index in [0.717, 1.165) is 11.1 Å². The minimum absolute atomic E-state index is 0.189. The minimum Gasteiger partial charge on any atom is -0.496 e. The summed E-state index contributed by atoms with van der Waals surface area (Å²) in [5.74, 6) is 0.868. The fourth-order valence-corrected chi connectivity index (χ4v) is 4.25. The van der Waals surface area contributed by atoms with E-state index >= 15 is 0 Å². The van der Waals surface area contributed by atoms with Crippen LogP contribution in [-0.4, -0.2) is 46.3 Å². The van der Waals surface area contributed by atoms with Gasteiger partial charge in [-0.15, -0.1) is 0 Å². The van der Waals surface area contributed by atoms with E-state index < -0.39 is 0 Å². The zero-order valence-corrected chi connectivity index (χ0v) is 19.4. The fourth-order valence-electron chi connectivity index (χ4n) is 4.25. The van der Waals surface area contributed by atoms with Gasteiger partial charge in [0, 0.05) is 37.0 Å². The highest BCUT2D eigenvalue weighted by molar-refractivity contribution is 5.66. The molecule has 178 valence electrons. The van der Waals surface area contributed by atoms with Gasteiger partial charge in [-0.2, -0.15) is 0 Å². The molecule has 2 aromatic heterocycles. The molecule has 1 aliphatic heterocycles. The predicted molar refractivity (Wildman–Crippen MR) is 130 cm³/mol. The highest BCUT2D eigenvalue weighted by Crippen LogP contribution is 2.35. The van der Waals surface area contributed by atoms with E-state index in [2.05, 4.69) is 9.97 Å². The largest absolute Gasteiger partial charge is 0.496 e. The van der Waals surface area contributed by atoms with Crippen LogP contribution in [0.15, 0.2) is 71.9 Å². The Morgan fingerprint density at radius 3 is 2.74 bits per heavy atom. The molecule has 0 bridgehead atoms. The van der Waals surface area contributed by atoms with Gasteiger partial charge in [0.25, 0.3) is 5.56 Å². The summed E-state index contributed by atoms with van der Waals surface area (Å²) in [6.45, 7) is 1.41. The molecule has 0 amide bonds. The number of aromatic nitrogens is 4. The quantitative estimate of drug-likeness (QED) is 0.438. The molecule has 0 saturated carbocycles. The smallest absolute Gasteiger partial charge is 0.255 e. The highest BCUT2D eigenvalue weighted by Gasteiger charge is 2.28. The molecule has 1 saturated heterocycles. The number of nitrogens with zero attached hydrogens (tertiary/aromatic N) is 5. The van der Waals surface area contributed by atoms with Gasteiger partial charge in [0.1, 0.15) is 24.0 Å². The molecule has 0 aliphatic carbocycles. The Hall–Kier alpha value is -4.11. The first-order valence-corrected chi connectivity index (χ1v) is 11.2. The minimum atomic E-state index is -0.370. The summed E-state index contributed by atoms with van der Waals surface area (Å²) in [6, 6.07) is 15.4. The van der Waals surface area contributed by atoms with Crippen LogP contribution in [0.3, 0.4) is 0 Å². The average Bonchev–Trinajstić information content (AvgIpc) is 2.90. The van der Waals surface area contributed by atoms with E-state index in [4.69, 9.17) is 14.5 Å². The van der Waals surface area contributed by atoms with E-state index in [1.807, 2.05) is 23.1 Å². The molecule has 35 heavy (non-hydrogen) atoms. The highest BCUT2D eigenvalue weighted by atomic mass is 19.1. The first-order valence-electron chi connectivity index (χ1n) is 11.2. The van der Waals surface area contributed by atoms with Gasteiger partial charge in [0.05, 0.1) is 31.6 Å². The maximum atomic E-state index is 14.5. The van der Waals surface area contributed by atoms with Crippen LogP contribution < -0.4 is 15.2 Å². The van der Waals surface area contributed by atoms with E-state index in [1.54, 1.807) is 44.6 Å². The number of benzene rings is 2. The summed E-state index contributed by atoms with van der Waals surface area (Å²) in [4.78, 5) is 27.6. The van der Waals surface area contributed by atoms with Crippen LogP contribution in [-0.2, 0) is 11.8 Å². The summed E-state index contributed by atoms with van der Waals surface area (Å²) < 4.78 is 27.7. The van der Waals surface area contributed by atoms with Crippen molar-refractivity contribution in [2.24, 2.45) is 7.05 Å². The van der Waals surface area contributed by atoms with Crippen molar-refractivity contribution >= 4 is 5.95 Å². The zero-order chi connectivity index (χ0) is 24.4. The van der Waals surface area contributed by atoms with Crippen LogP contribution in [0, 0.1) is 5.82 Å². The van der Waals surface area contributed by atoms with Crippen LogP contribution in [0.1, 0.15) is 11.7 Å². The molecule has 1 aliphatic rings. The Morgan fingerprint density at radius 2 is 1.97 bits per heavy atom. The molecular weight excluding hydrogens is 449 g/mol. The number of anilines is 1. The Kier molecular flexibility index (Phi) is 6.24. The lowest BCUT2D eigenvalue weighted by Gasteiger charge is -2.35. The van der Waals surface area contributed by atoms with Gasteiger partial charge in [0.15, 0.2) is 0 Å². The molecule has 0 N–H and O–H groups in total. The predicted octanol–water partition coefficient (Wildman–Crippen LogP) is 3.63. The first kappa shape index (κ1) is 22.7. The third kappa shape index (κ3) is 4.50. The standard InChI is InChI=1S/C26H24FN5O3/c1-31-25(33)14-22(21-9-10-28-16-29-21)30-26(31)32-11-12-35-24(15-32)19-13-17(7-8-23(19)34-2)18-5-3-4-6-20(18)27/h3-10,13-14,16,24H,11-12,15H2,1-2H3. The number of halogens is 1. The van der Waals surface area contributed by atoms with Crippen molar-refractivity contribution in [1.82, 2.24) is 19.5 Å². The van der Waals surface area contributed by atoms with Gasteiger partial charge in [-0.05, 0) is 29.8 Å². The second-order valence-electron chi connectivity index (χ2n) is 8.18. The number of hydrogen-bond acceptors (Lipinski definition) is 7. The molecule has 1 atom stereocenters. The number of ether oxygens (including phenoxy) is 2. The molecule has 3 heterocycles. The molecule has 4 aromatic rings. The van der Waals surface area contributed by atoms with Crippen molar-refractivity contribution in [3.63, 3.8) is 0 Å². The first-order chi connectivity index (χ1) is 17.0. The molecular formula is C26H24FN5O3. The van der Waals surface area contributed by atoms with Crippen molar-refractivity contribution in [2.45, 2.75) is 6.10 Å². The normalized spacial score (nSPS) is 15.7. The van der Waals surface area contributed by atoms with Crippen molar-refractivity contribution in [1.29, 1.82) is 0 Å². The Morgan fingerprint density at radius 1 is 1.11 bits per heavy atom. The van der Waals surface area contributed by atoms with Crippen LogP contribution in [0.25, 0.3) is 22.5 Å². The van der Waals surface area contributed by atoms with E-state index in [-0.39, 0.29) is 17.5 Å². The summed E-state index contributed by atoms with van der Waals surface area (Å²) in [5.41, 5.74) is 2.90. The molecule has 1 unspecified atom stereocenters. The van der Waals surface area contributed by atoms with Gasteiger partial charge in [-0.1, -0.05) is 24.3 Å². The van der Waals surface area contributed by atoms with E-state index in [9.17, 15) is 9.18 Å². The van der Waals surface area contributed by atoms with Crippen molar-refractivity contribution in [2.75, 3.05) is 31.7 Å². The summed E-state index contributed by atoms with van der Waals surface area (Å²) in [6.07, 6.45) is 2.67. The van der Waals surface area contributed by atoms with Crippen molar-refractivity contribution in [3.05, 3.63) is 88.9 Å². The second kappa shape index (κ2) is 9.63. The number of morpholine rings is 1. The molecule has 0 spiro atoms. The topological polar surface area (TPSA) is 82.4 Å². The monoisotopic (exact) mass is 473 g/mol. The van der Waals surface area contributed by atoms with Crippen molar-refractivity contribution in [3.8, 4) is 28.3 Å². The maximum Gasteiger partial charge on any atom is 0.255 e. The van der Waals surface area contributed by atoms with Crippen LogP contribution in [0.5, 0.6) is 5.75 Å². The Balaban J connectivity index is 1.50. The van der Waals surface area contributed by atoms with Crippen LogP contribution in [0.2, 0.25) is 0 Å². The fraction of sp³-hybridized carbons (Fsp3) is 0.231. The third-order valence-corrected chi connectivity index (χ3v) is 6.07. The molecule has 2 aromatic carbocycles. The molecule has 8 nitrogen and oxygen atoms in total.